The van der Waals surface area contributed by atoms with Crippen molar-refractivity contribution in [1.29, 1.82) is 0 Å². The van der Waals surface area contributed by atoms with E-state index < -0.39 is 0 Å². The molecule has 1 aliphatic carbocycles. The second-order valence-corrected chi connectivity index (χ2v) is 5.21. The third-order valence-electron chi connectivity index (χ3n) is 3.60. The zero-order chi connectivity index (χ0) is 12.0. The monoisotopic (exact) mass is 226 g/mol. The molecule has 0 heterocycles. The van der Waals surface area contributed by atoms with Gasteiger partial charge in [-0.05, 0) is 31.1 Å². The lowest BCUT2D eigenvalue weighted by Crippen LogP contribution is -2.05. The van der Waals surface area contributed by atoms with Gasteiger partial charge in [-0.1, -0.05) is 45.3 Å². The number of rotatable bonds is 6. The summed E-state index contributed by atoms with van der Waals surface area (Å²) in [5, 5.41) is 19.3. The largest absolute Gasteiger partial charge is 0.393 e. The summed E-state index contributed by atoms with van der Waals surface area (Å²) in [6, 6.07) is 0. The Bertz CT molecular complexity index is 213. The van der Waals surface area contributed by atoms with Crippen LogP contribution in [0.25, 0.3) is 0 Å². The van der Waals surface area contributed by atoms with Crippen LogP contribution in [0.3, 0.4) is 0 Å². The van der Waals surface area contributed by atoms with Crippen molar-refractivity contribution in [3.8, 4) is 0 Å². The van der Waals surface area contributed by atoms with Crippen molar-refractivity contribution >= 4 is 0 Å². The van der Waals surface area contributed by atoms with Crippen molar-refractivity contribution in [2.45, 2.75) is 64.6 Å². The molecule has 1 rings (SSSR count). The predicted octanol–water partition coefficient (Wildman–Crippen LogP) is 2.89. The molecular weight excluding hydrogens is 200 g/mol. The van der Waals surface area contributed by atoms with E-state index in [1.165, 1.54) is 12.8 Å². The van der Waals surface area contributed by atoms with Gasteiger partial charge in [0.05, 0.1) is 12.2 Å². The normalized spacial score (nSPS) is 32.4. The molecule has 1 aliphatic rings. The van der Waals surface area contributed by atoms with Gasteiger partial charge in [-0.2, -0.15) is 0 Å². The van der Waals surface area contributed by atoms with Crippen molar-refractivity contribution in [2.24, 2.45) is 11.8 Å². The van der Waals surface area contributed by atoms with Gasteiger partial charge in [-0.15, -0.1) is 0 Å². The maximum absolute atomic E-state index is 9.74. The Hall–Kier alpha value is -0.340. The van der Waals surface area contributed by atoms with E-state index in [-0.39, 0.29) is 12.2 Å². The Labute approximate surface area is 99.4 Å². The molecule has 2 nitrogen and oxygen atoms in total. The molecule has 0 aromatic carbocycles. The number of aliphatic hydroxyl groups excluding tert-OH is 2. The van der Waals surface area contributed by atoms with E-state index in [4.69, 9.17) is 0 Å². The molecule has 0 saturated heterocycles. The third kappa shape index (κ3) is 4.67. The van der Waals surface area contributed by atoms with E-state index in [1.807, 2.05) is 6.08 Å². The summed E-state index contributed by atoms with van der Waals surface area (Å²) < 4.78 is 0. The van der Waals surface area contributed by atoms with Crippen LogP contribution in [0.5, 0.6) is 0 Å². The average molecular weight is 226 g/mol. The highest BCUT2D eigenvalue weighted by atomic mass is 16.3. The van der Waals surface area contributed by atoms with E-state index in [9.17, 15) is 10.2 Å². The lowest BCUT2D eigenvalue weighted by molar-refractivity contribution is 0.177. The molecular formula is C14H26O2. The van der Waals surface area contributed by atoms with Crippen LogP contribution in [0.2, 0.25) is 0 Å². The molecule has 0 aliphatic heterocycles. The van der Waals surface area contributed by atoms with Gasteiger partial charge in [0, 0.05) is 0 Å². The SMILES string of the molecule is CCCCC[C@H](O)/C=C/C1C[C@@H](O)C[C@H]1C. The van der Waals surface area contributed by atoms with Gasteiger partial charge in [0.2, 0.25) is 0 Å². The standard InChI is InChI=1S/C14H26O2/c1-3-4-5-6-13(15)8-7-12-10-14(16)9-11(12)2/h7-8,11-16H,3-6,9-10H2,1-2H3/b8-7+/t11-,12?,13+,14+/m1/s1. The Morgan fingerprint density at radius 1 is 1.31 bits per heavy atom. The summed E-state index contributed by atoms with van der Waals surface area (Å²) in [4.78, 5) is 0. The van der Waals surface area contributed by atoms with Crippen molar-refractivity contribution in [3.63, 3.8) is 0 Å². The number of hydrogen-bond acceptors (Lipinski definition) is 2. The van der Waals surface area contributed by atoms with Crippen LogP contribution in [0.15, 0.2) is 12.2 Å². The number of hydrogen-bond donors (Lipinski definition) is 2. The Kier molecular flexibility index (Phi) is 6.07. The minimum absolute atomic E-state index is 0.137. The van der Waals surface area contributed by atoms with Gasteiger partial charge in [0.25, 0.3) is 0 Å². The fraction of sp³-hybridized carbons (Fsp3) is 0.857. The van der Waals surface area contributed by atoms with Crippen LogP contribution in [0.4, 0.5) is 0 Å². The first-order chi connectivity index (χ1) is 7.63. The van der Waals surface area contributed by atoms with Crippen LogP contribution in [0, 0.1) is 11.8 Å². The number of allylic oxidation sites excluding steroid dienone is 1. The first kappa shape index (κ1) is 13.7. The minimum Gasteiger partial charge on any atom is -0.393 e. The van der Waals surface area contributed by atoms with Crippen molar-refractivity contribution in [3.05, 3.63) is 12.2 Å². The van der Waals surface area contributed by atoms with Gasteiger partial charge in [-0.3, -0.25) is 0 Å². The quantitative estimate of drug-likeness (QED) is 0.540. The molecule has 16 heavy (non-hydrogen) atoms. The summed E-state index contributed by atoms with van der Waals surface area (Å²) in [6.07, 6.45) is 9.73. The first-order valence-corrected chi connectivity index (χ1v) is 6.68. The molecule has 2 N–H and O–H groups in total. The van der Waals surface area contributed by atoms with Gasteiger partial charge in [0.1, 0.15) is 0 Å². The van der Waals surface area contributed by atoms with Gasteiger partial charge >= 0.3 is 0 Å². The van der Waals surface area contributed by atoms with Crippen molar-refractivity contribution < 1.29 is 10.2 Å². The molecule has 0 aromatic heterocycles. The zero-order valence-electron chi connectivity index (χ0n) is 10.6. The highest BCUT2D eigenvalue weighted by Gasteiger charge is 2.27. The molecule has 1 fully saturated rings. The van der Waals surface area contributed by atoms with Crippen molar-refractivity contribution in [2.75, 3.05) is 0 Å². The fourth-order valence-corrected chi connectivity index (χ4v) is 2.49. The Balaban J connectivity index is 2.24. The smallest absolute Gasteiger partial charge is 0.0721 e. The average Bonchev–Trinajstić information content (AvgIpc) is 2.55. The summed E-state index contributed by atoms with van der Waals surface area (Å²) in [7, 11) is 0. The molecule has 4 atom stereocenters. The van der Waals surface area contributed by atoms with Crippen LogP contribution < -0.4 is 0 Å². The van der Waals surface area contributed by atoms with E-state index in [2.05, 4.69) is 19.9 Å². The van der Waals surface area contributed by atoms with Crippen molar-refractivity contribution in [1.82, 2.24) is 0 Å². The molecule has 0 amide bonds. The maximum Gasteiger partial charge on any atom is 0.0721 e. The summed E-state index contributed by atoms with van der Waals surface area (Å²) in [6.45, 7) is 4.35. The highest BCUT2D eigenvalue weighted by Crippen LogP contribution is 2.32. The molecule has 1 saturated carbocycles. The third-order valence-corrected chi connectivity index (χ3v) is 3.60. The van der Waals surface area contributed by atoms with Gasteiger partial charge in [-0.25, -0.2) is 0 Å². The second kappa shape index (κ2) is 7.08. The van der Waals surface area contributed by atoms with E-state index in [0.717, 1.165) is 25.7 Å². The van der Waals surface area contributed by atoms with Crippen LogP contribution in [-0.4, -0.2) is 22.4 Å². The molecule has 0 radical (unpaired) electrons. The highest BCUT2D eigenvalue weighted by molar-refractivity contribution is 4.98. The first-order valence-electron chi connectivity index (χ1n) is 6.68. The fourth-order valence-electron chi connectivity index (χ4n) is 2.49. The van der Waals surface area contributed by atoms with Crippen LogP contribution in [0.1, 0.15) is 52.4 Å². The molecule has 1 unspecified atom stereocenters. The molecule has 0 aromatic rings. The molecule has 0 spiro atoms. The summed E-state index contributed by atoms with van der Waals surface area (Å²) in [5.74, 6) is 1.00. The minimum atomic E-state index is -0.295. The van der Waals surface area contributed by atoms with Gasteiger partial charge < -0.3 is 10.2 Å². The predicted molar refractivity (Wildman–Crippen MR) is 67.2 cm³/mol. The molecule has 94 valence electrons. The lowest BCUT2D eigenvalue weighted by Gasteiger charge is -2.10. The number of aliphatic hydroxyl groups is 2. The topological polar surface area (TPSA) is 40.5 Å². The molecule has 0 bridgehead atoms. The summed E-state index contributed by atoms with van der Waals surface area (Å²) in [5.41, 5.74) is 0. The van der Waals surface area contributed by atoms with E-state index in [1.54, 1.807) is 0 Å². The van der Waals surface area contributed by atoms with E-state index >= 15 is 0 Å². The van der Waals surface area contributed by atoms with Crippen LogP contribution in [-0.2, 0) is 0 Å². The van der Waals surface area contributed by atoms with Crippen LogP contribution >= 0.6 is 0 Å². The maximum atomic E-state index is 9.74. The molecule has 2 heteroatoms. The van der Waals surface area contributed by atoms with Gasteiger partial charge in [0.15, 0.2) is 0 Å². The summed E-state index contributed by atoms with van der Waals surface area (Å²) >= 11 is 0. The zero-order valence-corrected chi connectivity index (χ0v) is 10.6. The lowest BCUT2D eigenvalue weighted by atomic mass is 9.97. The second-order valence-electron chi connectivity index (χ2n) is 5.21. The Morgan fingerprint density at radius 2 is 2.06 bits per heavy atom. The Morgan fingerprint density at radius 3 is 2.62 bits per heavy atom. The number of unbranched alkanes of at least 4 members (excludes halogenated alkanes) is 2. The van der Waals surface area contributed by atoms with E-state index in [0.29, 0.717) is 11.8 Å².